The lowest BCUT2D eigenvalue weighted by molar-refractivity contribution is -0.117. The molecule has 2 heteroatoms. The van der Waals surface area contributed by atoms with Crippen molar-refractivity contribution in [3.63, 3.8) is 0 Å². The first-order chi connectivity index (χ1) is 11.2. The zero-order chi connectivity index (χ0) is 17.3. The molecule has 6 aliphatic rings. The van der Waals surface area contributed by atoms with Crippen LogP contribution in [-0.2, 0) is 0 Å². The van der Waals surface area contributed by atoms with E-state index in [0.29, 0.717) is 10.8 Å². The molecule has 0 aromatic heterocycles. The minimum absolute atomic E-state index is 0.612. The van der Waals surface area contributed by atoms with Gasteiger partial charge < -0.3 is 10.6 Å². The molecule has 24 heavy (non-hydrogen) atoms. The Labute approximate surface area is 149 Å². The second-order valence-electron chi connectivity index (χ2n) is 11.0. The van der Waals surface area contributed by atoms with Crippen LogP contribution < -0.4 is 10.6 Å². The lowest BCUT2D eigenvalue weighted by Gasteiger charge is -2.62. The van der Waals surface area contributed by atoms with Gasteiger partial charge >= 0.3 is 0 Å². The molecule has 0 saturated heterocycles. The fourth-order valence-corrected chi connectivity index (χ4v) is 7.35. The van der Waals surface area contributed by atoms with E-state index in [-0.39, 0.29) is 0 Å². The Kier molecular flexibility index (Phi) is 4.12. The van der Waals surface area contributed by atoms with Gasteiger partial charge in [0.15, 0.2) is 0 Å². The summed E-state index contributed by atoms with van der Waals surface area (Å²) >= 11 is 0. The number of rotatable bonds is 5. The van der Waals surface area contributed by atoms with E-state index < -0.39 is 0 Å². The Morgan fingerprint density at radius 1 is 0.667 bits per heavy atom. The summed E-state index contributed by atoms with van der Waals surface area (Å²) in [5.74, 6) is 5.55. The average molecular weight is 333 g/mol. The lowest BCUT2D eigenvalue weighted by Crippen LogP contribution is -2.61. The van der Waals surface area contributed by atoms with E-state index in [1.165, 1.54) is 25.7 Å². The first-order valence-corrected chi connectivity index (χ1v) is 10.7. The van der Waals surface area contributed by atoms with E-state index in [0.717, 1.165) is 60.7 Å². The zero-order valence-electron chi connectivity index (χ0n) is 16.9. The van der Waals surface area contributed by atoms with Crippen molar-refractivity contribution in [2.45, 2.75) is 79.3 Å². The standard InChI is InChI=1S/C22H40N2/c1-13-17-9-15(21(17,3)4)11-19(13)23-7-8-24-20-12-16-10-18(14(20)2)22(16,5)6/h13-20,23-24H,7-12H2,1-6H3/t13-,14-,15+,16+,17-,18-,19-,20-/m1/s1. The largest absolute Gasteiger partial charge is 0.312 e. The summed E-state index contributed by atoms with van der Waals surface area (Å²) in [4.78, 5) is 0. The molecule has 0 spiro atoms. The minimum atomic E-state index is 0.612. The fraction of sp³-hybridized carbons (Fsp3) is 1.00. The van der Waals surface area contributed by atoms with Crippen LogP contribution in [0.25, 0.3) is 0 Å². The van der Waals surface area contributed by atoms with Crippen LogP contribution in [0.3, 0.4) is 0 Å². The second-order valence-corrected chi connectivity index (χ2v) is 11.0. The van der Waals surface area contributed by atoms with Gasteiger partial charge in [-0.3, -0.25) is 0 Å². The molecule has 0 amide bonds. The highest BCUT2D eigenvalue weighted by atomic mass is 15.0. The highest BCUT2D eigenvalue weighted by Gasteiger charge is 2.57. The smallest absolute Gasteiger partial charge is 0.00989 e. The van der Waals surface area contributed by atoms with Crippen LogP contribution in [-0.4, -0.2) is 25.2 Å². The summed E-state index contributed by atoms with van der Waals surface area (Å²) in [6, 6.07) is 1.53. The molecule has 6 rings (SSSR count). The number of fused-ring (bicyclic) bond motifs is 4. The maximum Gasteiger partial charge on any atom is 0.00989 e. The Balaban J connectivity index is 1.20. The van der Waals surface area contributed by atoms with E-state index in [1.807, 2.05) is 0 Å². The molecule has 2 N–H and O–H groups in total. The predicted octanol–water partition coefficient (Wildman–Crippen LogP) is 4.31. The second kappa shape index (κ2) is 5.71. The van der Waals surface area contributed by atoms with E-state index >= 15 is 0 Å². The van der Waals surface area contributed by atoms with E-state index in [9.17, 15) is 0 Å². The summed E-state index contributed by atoms with van der Waals surface area (Å²) in [7, 11) is 0. The lowest BCUT2D eigenvalue weighted by atomic mass is 9.44. The Hall–Kier alpha value is -0.0800. The Morgan fingerprint density at radius 2 is 1.04 bits per heavy atom. The third-order valence-corrected chi connectivity index (χ3v) is 9.65. The Morgan fingerprint density at radius 3 is 1.33 bits per heavy atom. The van der Waals surface area contributed by atoms with Crippen LogP contribution >= 0.6 is 0 Å². The van der Waals surface area contributed by atoms with Gasteiger partial charge in [0, 0.05) is 25.2 Å². The normalized spacial score (nSPS) is 50.8. The van der Waals surface area contributed by atoms with Crippen LogP contribution in [0.5, 0.6) is 0 Å². The highest BCUT2D eigenvalue weighted by Crippen LogP contribution is 2.62. The van der Waals surface area contributed by atoms with Gasteiger partial charge in [0.25, 0.3) is 0 Å². The number of hydrogen-bond donors (Lipinski definition) is 2. The molecule has 0 aromatic carbocycles. The first kappa shape index (κ1) is 17.3. The van der Waals surface area contributed by atoms with Gasteiger partial charge in [-0.15, -0.1) is 0 Å². The molecule has 6 saturated carbocycles. The SMILES string of the molecule is C[C@@H]1[C@H]2C[C@@H](C[C@H]1NCCN[C@@H]1C[C@@H]3C[C@H]([C@H]1C)C3(C)C)C2(C)C. The highest BCUT2D eigenvalue weighted by molar-refractivity contribution is 5.08. The summed E-state index contributed by atoms with van der Waals surface area (Å²) < 4.78 is 0. The van der Waals surface area contributed by atoms with Crippen LogP contribution in [0.15, 0.2) is 0 Å². The fourth-order valence-electron chi connectivity index (χ4n) is 7.35. The zero-order valence-corrected chi connectivity index (χ0v) is 16.9. The molecule has 138 valence electrons. The molecule has 0 heterocycles. The molecule has 6 fully saturated rings. The molecule has 0 aromatic rings. The van der Waals surface area contributed by atoms with Gasteiger partial charge in [-0.2, -0.15) is 0 Å². The topological polar surface area (TPSA) is 24.1 Å². The van der Waals surface area contributed by atoms with Crippen molar-refractivity contribution in [2.75, 3.05) is 13.1 Å². The van der Waals surface area contributed by atoms with Crippen molar-refractivity contribution < 1.29 is 0 Å². The summed E-state index contributed by atoms with van der Waals surface area (Å²) in [5, 5.41) is 7.80. The molecule has 0 aliphatic heterocycles. The van der Waals surface area contributed by atoms with Gasteiger partial charge in [-0.25, -0.2) is 0 Å². The molecular weight excluding hydrogens is 292 g/mol. The summed E-state index contributed by atoms with van der Waals surface area (Å²) in [5.41, 5.74) is 1.22. The van der Waals surface area contributed by atoms with Crippen LogP contribution in [0, 0.1) is 46.3 Å². The molecule has 4 bridgehead atoms. The monoisotopic (exact) mass is 332 g/mol. The molecule has 0 unspecified atom stereocenters. The van der Waals surface area contributed by atoms with Gasteiger partial charge in [-0.05, 0) is 72.0 Å². The molecule has 8 atom stereocenters. The summed E-state index contributed by atoms with van der Waals surface area (Å²) in [6.45, 7) is 17.3. The van der Waals surface area contributed by atoms with E-state index in [1.54, 1.807) is 0 Å². The van der Waals surface area contributed by atoms with Crippen molar-refractivity contribution >= 4 is 0 Å². The van der Waals surface area contributed by atoms with Crippen molar-refractivity contribution in [3.8, 4) is 0 Å². The maximum atomic E-state index is 3.90. The number of nitrogens with one attached hydrogen (secondary N) is 2. The van der Waals surface area contributed by atoms with Crippen LogP contribution in [0.2, 0.25) is 0 Å². The molecule has 0 radical (unpaired) electrons. The van der Waals surface area contributed by atoms with Gasteiger partial charge in [0.1, 0.15) is 0 Å². The number of hydrogen-bond acceptors (Lipinski definition) is 2. The average Bonchev–Trinajstić information content (AvgIpc) is 2.52. The molecule has 6 aliphatic carbocycles. The summed E-state index contributed by atoms with van der Waals surface area (Å²) in [6.07, 6.45) is 5.79. The molecular formula is C22H40N2. The van der Waals surface area contributed by atoms with E-state index in [4.69, 9.17) is 0 Å². The first-order valence-electron chi connectivity index (χ1n) is 10.7. The van der Waals surface area contributed by atoms with Crippen molar-refractivity contribution in [2.24, 2.45) is 46.3 Å². The van der Waals surface area contributed by atoms with Gasteiger partial charge in [0.2, 0.25) is 0 Å². The van der Waals surface area contributed by atoms with Crippen molar-refractivity contribution in [3.05, 3.63) is 0 Å². The quantitative estimate of drug-likeness (QED) is 0.733. The third kappa shape index (κ3) is 2.42. The van der Waals surface area contributed by atoms with Crippen molar-refractivity contribution in [1.82, 2.24) is 10.6 Å². The Bertz CT molecular complexity index is 438. The third-order valence-electron chi connectivity index (χ3n) is 9.65. The van der Waals surface area contributed by atoms with Crippen LogP contribution in [0.1, 0.15) is 67.2 Å². The predicted molar refractivity (Wildman–Crippen MR) is 102 cm³/mol. The van der Waals surface area contributed by atoms with Crippen molar-refractivity contribution in [1.29, 1.82) is 0 Å². The molecule has 2 nitrogen and oxygen atoms in total. The maximum absolute atomic E-state index is 3.90. The van der Waals surface area contributed by atoms with Gasteiger partial charge in [0.05, 0.1) is 0 Å². The van der Waals surface area contributed by atoms with E-state index in [2.05, 4.69) is 52.2 Å². The van der Waals surface area contributed by atoms with Gasteiger partial charge in [-0.1, -0.05) is 41.5 Å². The minimum Gasteiger partial charge on any atom is -0.312 e. The van der Waals surface area contributed by atoms with Crippen LogP contribution in [0.4, 0.5) is 0 Å².